The summed E-state index contributed by atoms with van der Waals surface area (Å²) in [5, 5.41) is 33.3. The summed E-state index contributed by atoms with van der Waals surface area (Å²) in [6, 6.07) is 29.1. The van der Waals surface area contributed by atoms with Crippen molar-refractivity contribution >= 4 is 45.6 Å². The molecule has 0 aliphatic carbocycles. The summed E-state index contributed by atoms with van der Waals surface area (Å²) in [4.78, 5) is 28.2. The number of carbonyl (C=O) groups excluding carboxylic acids is 1. The number of rotatable bonds is 7. The van der Waals surface area contributed by atoms with E-state index in [1.54, 1.807) is 59.2 Å². The number of phenolic OH excluding ortho intramolecular Hbond substituents is 1. The van der Waals surface area contributed by atoms with Gasteiger partial charge in [-0.05, 0) is 83.1 Å². The van der Waals surface area contributed by atoms with Gasteiger partial charge >= 0.3 is 6.09 Å². The molecular weight excluding hydrogens is 520 g/mol. The maximum Gasteiger partial charge on any atom is 0.404 e. The first-order chi connectivity index (χ1) is 19.9. The van der Waals surface area contributed by atoms with Crippen LogP contribution in [0.5, 0.6) is 5.75 Å². The van der Waals surface area contributed by atoms with Gasteiger partial charge < -0.3 is 26.2 Å². The molecule has 0 aliphatic heterocycles. The van der Waals surface area contributed by atoms with Gasteiger partial charge in [0.25, 0.3) is 5.91 Å². The number of fused-ring (bicyclic) bond motifs is 2. The summed E-state index contributed by atoms with van der Waals surface area (Å²) in [5.41, 5.74) is 5.15. The van der Waals surface area contributed by atoms with Gasteiger partial charge in [-0.1, -0.05) is 30.3 Å². The summed E-state index contributed by atoms with van der Waals surface area (Å²) in [6.45, 7) is 0.169. The van der Waals surface area contributed by atoms with E-state index in [4.69, 9.17) is 10.1 Å². The SMILES string of the molecule is O=C(O)NCc1ccc(C(=O)Nc2ccc(Nc3nc(-c4ccc5cc(O)ccc5c4)cc4ccnn34)cc2)cc1. The van der Waals surface area contributed by atoms with E-state index >= 15 is 0 Å². The van der Waals surface area contributed by atoms with Gasteiger partial charge in [0.15, 0.2) is 0 Å². The Morgan fingerprint density at radius 2 is 1.54 bits per heavy atom. The molecule has 6 aromatic rings. The van der Waals surface area contributed by atoms with Crippen molar-refractivity contribution in [2.24, 2.45) is 0 Å². The summed E-state index contributed by atoms with van der Waals surface area (Å²) in [5.74, 6) is 0.478. The minimum Gasteiger partial charge on any atom is -0.508 e. The summed E-state index contributed by atoms with van der Waals surface area (Å²) >= 11 is 0. The van der Waals surface area contributed by atoms with E-state index < -0.39 is 6.09 Å². The molecule has 2 amide bonds. The van der Waals surface area contributed by atoms with Crippen LogP contribution in [0.15, 0.2) is 103 Å². The lowest BCUT2D eigenvalue weighted by Gasteiger charge is -2.12. The van der Waals surface area contributed by atoms with Crippen molar-refractivity contribution in [3.63, 3.8) is 0 Å². The van der Waals surface area contributed by atoms with Crippen molar-refractivity contribution in [1.29, 1.82) is 0 Å². The van der Waals surface area contributed by atoms with Gasteiger partial charge in [0.1, 0.15) is 5.75 Å². The molecule has 0 spiro atoms. The van der Waals surface area contributed by atoms with Crippen LogP contribution in [0.3, 0.4) is 0 Å². The molecule has 0 saturated carbocycles. The van der Waals surface area contributed by atoms with Crippen molar-refractivity contribution < 1.29 is 19.8 Å². The number of hydrogen-bond acceptors (Lipinski definition) is 6. The number of aromatic nitrogens is 3. The minimum absolute atomic E-state index is 0.169. The molecule has 0 aliphatic rings. The van der Waals surface area contributed by atoms with Crippen LogP contribution in [-0.4, -0.2) is 36.8 Å². The molecule has 202 valence electrons. The van der Waals surface area contributed by atoms with Gasteiger partial charge in [-0.15, -0.1) is 0 Å². The predicted molar refractivity (Wildman–Crippen MR) is 157 cm³/mol. The molecule has 0 fully saturated rings. The first-order valence-electron chi connectivity index (χ1n) is 12.7. The summed E-state index contributed by atoms with van der Waals surface area (Å²) in [7, 11) is 0. The van der Waals surface area contributed by atoms with E-state index in [9.17, 15) is 14.7 Å². The van der Waals surface area contributed by atoms with Gasteiger partial charge in [-0.3, -0.25) is 4.79 Å². The first kappa shape index (κ1) is 25.4. The zero-order chi connectivity index (χ0) is 28.3. The third kappa shape index (κ3) is 5.62. The van der Waals surface area contributed by atoms with E-state index in [-0.39, 0.29) is 18.2 Å². The highest BCUT2D eigenvalue weighted by molar-refractivity contribution is 6.04. The largest absolute Gasteiger partial charge is 0.508 e. The fourth-order valence-electron chi connectivity index (χ4n) is 4.48. The number of nitrogens with one attached hydrogen (secondary N) is 3. The van der Waals surface area contributed by atoms with E-state index in [0.717, 1.165) is 38.8 Å². The Morgan fingerprint density at radius 1 is 0.805 bits per heavy atom. The van der Waals surface area contributed by atoms with Crippen LogP contribution in [0.4, 0.5) is 22.1 Å². The fraction of sp³-hybridized carbons (Fsp3) is 0.0323. The second-order valence-electron chi connectivity index (χ2n) is 9.39. The molecule has 0 radical (unpaired) electrons. The lowest BCUT2D eigenvalue weighted by atomic mass is 10.0. The van der Waals surface area contributed by atoms with Crippen LogP contribution in [0.25, 0.3) is 27.5 Å². The Labute approximate surface area is 233 Å². The van der Waals surface area contributed by atoms with Crippen LogP contribution in [0.1, 0.15) is 15.9 Å². The molecule has 4 aromatic carbocycles. The Bertz CT molecular complexity index is 1900. The van der Waals surface area contributed by atoms with Crippen molar-refractivity contribution in [1.82, 2.24) is 19.9 Å². The molecule has 0 saturated heterocycles. The maximum absolute atomic E-state index is 12.7. The first-order valence-corrected chi connectivity index (χ1v) is 12.7. The van der Waals surface area contributed by atoms with Crippen LogP contribution in [0, 0.1) is 0 Å². The van der Waals surface area contributed by atoms with Gasteiger partial charge in [0.2, 0.25) is 5.95 Å². The highest BCUT2D eigenvalue weighted by atomic mass is 16.4. The van der Waals surface area contributed by atoms with Crippen LogP contribution < -0.4 is 16.0 Å². The van der Waals surface area contributed by atoms with E-state index in [1.165, 1.54) is 0 Å². The topological polar surface area (TPSA) is 141 Å². The lowest BCUT2D eigenvalue weighted by Crippen LogP contribution is -2.20. The standard InChI is InChI=1S/C31H24N6O4/c38-27-12-7-21-15-23(6-5-22(21)16-27)28-17-26-13-14-33-37(26)30(36-28)35-25-10-8-24(9-11-25)34-29(39)20-3-1-19(2-4-20)18-32-31(40)41/h1-17,32,38H,18H2,(H,34,39)(H,35,36)(H,40,41). The summed E-state index contributed by atoms with van der Waals surface area (Å²) in [6.07, 6.45) is 0.609. The second-order valence-corrected chi connectivity index (χ2v) is 9.39. The van der Waals surface area contributed by atoms with Crippen LogP contribution >= 0.6 is 0 Å². The van der Waals surface area contributed by atoms with Crippen LogP contribution in [-0.2, 0) is 6.54 Å². The predicted octanol–water partition coefficient (Wildman–Crippen LogP) is 6.02. The molecule has 0 unspecified atom stereocenters. The van der Waals surface area contributed by atoms with Gasteiger partial charge in [0, 0.05) is 29.0 Å². The number of amides is 2. The molecule has 41 heavy (non-hydrogen) atoms. The maximum atomic E-state index is 12.7. The molecule has 0 atom stereocenters. The normalized spacial score (nSPS) is 10.9. The average molecular weight is 545 g/mol. The molecule has 2 heterocycles. The zero-order valence-corrected chi connectivity index (χ0v) is 21.6. The lowest BCUT2D eigenvalue weighted by molar-refractivity contribution is 0.102. The number of anilines is 3. The highest BCUT2D eigenvalue weighted by Crippen LogP contribution is 2.28. The fourth-order valence-corrected chi connectivity index (χ4v) is 4.48. The number of aromatic hydroxyl groups is 1. The van der Waals surface area contributed by atoms with Gasteiger partial charge in [-0.25, -0.2) is 14.3 Å². The van der Waals surface area contributed by atoms with Gasteiger partial charge in [-0.2, -0.15) is 5.10 Å². The molecule has 6 rings (SSSR count). The molecule has 10 nitrogen and oxygen atoms in total. The van der Waals surface area contributed by atoms with E-state index in [0.29, 0.717) is 17.2 Å². The highest BCUT2D eigenvalue weighted by Gasteiger charge is 2.11. The zero-order valence-electron chi connectivity index (χ0n) is 21.6. The number of carbonyl (C=O) groups is 2. The van der Waals surface area contributed by atoms with Crippen molar-refractivity contribution in [2.45, 2.75) is 6.54 Å². The Morgan fingerprint density at radius 3 is 2.32 bits per heavy atom. The number of carboxylic acid groups (broad SMARTS) is 1. The van der Waals surface area contributed by atoms with Gasteiger partial charge in [0.05, 0.1) is 17.4 Å². The monoisotopic (exact) mass is 544 g/mol. The Kier molecular flexibility index (Phi) is 6.62. The average Bonchev–Trinajstić information content (AvgIpc) is 3.46. The molecular formula is C31H24N6O4. The number of hydrogen-bond donors (Lipinski definition) is 5. The molecule has 0 bridgehead atoms. The minimum atomic E-state index is -1.10. The quantitative estimate of drug-likeness (QED) is 0.166. The number of benzene rings is 4. The molecule has 2 aromatic heterocycles. The third-order valence-electron chi connectivity index (χ3n) is 6.56. The number of phenols is 1. The van der Waals surface area contributed by atoms with Crippen molar-refractivity contribution in [2.75, 3.05) is 10.6 Å². The third-order valence-corrected chi connectivity index (χ3v) is 6.56. The van der Waals surface area contributed by atoms with E-state index in [1.807, 2.05) is 48.5 Å². The summed E-state index contributed by atoms with van der Waals surface area (Å²) < 4.78 is 1.72. The van der Waals surface area contributed by atoms with Crippen molar-refractivity contribution in [3.05, 3.63) is 114 Å². The second kappa shape index (κ2) is 10.7. The Hall–Kier alpha value is -5.90. The molecule has 10 heteroatoms. The molecule has 5 N–H and O–H groups in total. The van der Waals surface area contributed by atoms with E-state index in [2.05, 4.69) is 21.0 Å². The van der Waals surface area contributed by atoms with Crippen molar-refractivity contribution in [3.8, 4) is 17.0 Å². The number of nitrogens with zero attached hydrogens (tertiary/aromatic N) is 3. The van der Waals surface area contributed by atoms with Crippen LogP contribution in [0.2, 0.25) is 0 Å². The smallest absolute Gasteiger partial charge is 0.404 e. The Balaban J connectivity index is 1.18.